The van der Waals surface area contributed by atoms with Crippen molar-refractivity contribution in [2.24, 2.45) is 5.84 Å². The monoisotopic (exact) mass is 189 g/mol. The van der Waals surface area contributed by atoms with Crippen LogP contribution in [0.2, 0.25) is 0 Å². The highest BCUT2D eigenvalue weighted by molar-refractivity contribution is 7.99. The summed E-state index contributed by atoms with van der Waals surface area (Å²) in [6, 6.07) is -0.291. The first-order valence-electron chi connectivity index (χ1n) is 4.19. The Kier molecular flexibility index (Phi) is 4.24. The number of rotatable bonds is 2. The van der Waals surface area contributed by atoms with Crippen LogP contribution in [0, 0.1) is 0 Å². The third kappa shape index (κ3) is 3.32. The topological polar surface area (TPSA) is 67.1 Å². The normalized spacial score (nSPS) is 23.2. The highest BCUT2D eigenvalue weighted by Gasteiger charge is 2.13. The first-order chi connectivity index (χ1) is 5.83. The van der Waals surface area contributed by atoms with E-state index in [1.165, 1.54) is 25.0 Å². The van der Waals surface area contributed by atoms with E-state index in [0.717, 1.165) is 6.54 Å². The summed E-state index contributed by atoms with van der Waals surface area (Å²) in [5.74, 6) is 6.14. The quantitative estimate of drug-likeness (QED) is 0.335. The maximum absolute atomic E-state index is 10.7. The lowest BCUT2D eigenvalue weighted by Crippen LogP contribution is -2.42. The minimum Gasteiger partial charge on any atom is -0.336 e. The molecule has 0 spiro atoms. The molecule has 2 amide bonds. The molecule has 1 aliphatic rings. The van der Waals surface area contributed by atoms with Crippen molar-refractivity contribution in [2.45, 2.75) is 24.5 Å². The summed E-state index contributed by atoms with van der Waals surface area (Å²) >= 11 is 1.93. The molecule has 0 aromatic carbocycles. The second kappa shape index (κ2) is 5.27. The molecule has 1 aliphatic heterocycles. The second-order valence-electron chi connectivity index (χ2n) is 2.84. The number of thioether (sulfide) groups is 1. The fourth-order valence-electron chi connectivity index (χ4n) is 1.23. The molecule has 1 fully saturated rings. The molecule has 0 aliphatic carbocycles. The van der Waals surface area contributed by atoms with E-state index in [1.807, 2.05) is 17.2 Å². The van der Waals surface area contributed by atoms with E-state index in [1.54, 1.807) is 0 Å². The molecule has 1 unspecified atom stereocenters. The van der Waals surface area contributed by atoms with E-state index in [9.17, 15) is 4.79 Å². The van der Waals surface area contributed by atoms with E-state index >= 15 is 0 Å². The van der Waals surface area contributed by atoms with Gasteiger partial charge in [0.25, 0.3) is 0 Å². The summed E-state index contributed by atoms with van der Waals surface area (Å²) in [6.45, 7) is 0.730. The van der Waals surface area contributed by atoms with E-state index in [0.29, 0.717) is 5.25 Å². The summed E-state index contributed by atoms with van der Waals surface area (Å²) < 4.78 is 0. The summed E-state index contributed by atoms with van der Waals surface area (Å²) in [7, 11) is 0. The van der Waals surface area contributed by atoms with Gasteiger partial charge in [-0.25, -0.2) is 10.6 Å². The Balaban J connectivity index is 2.09. The molecule has 0 saturated carbocycles. The SMILES string of the molecule is NNC(=O)NCC1CCCCS1. The number of hydrogen-bond acceptors (Lipinski definition) is 3. The molecule has 1 heterocycles. The molecule has 1 atom stereocenters. The number of carbonyl (C=O) groups excluding carboxylic acids is 1. The Hall–Kier alpha value is -0.420. The summed E-state index contributed by atoms with van der Waals surface area (Å²) in [5, 5.41) is 3.29. The number of hydrogen-bond donors (Lipinski definition) is 3. The number of nitrogens with two attached hydrogens (primary N) is 1. The Morgan fingerprint density at radius 1 is 1.58 bits per heavy atom. The molecule has 0 aromatic heterocycles. The van der Waals surface area contributed by atoms with Crippen molar-refractivity contribution in [3.05, 3.63) is 0 Å². The highest BCUT2D eigenvalue weighted by atomic mass is 32.2. The number of carbonyl (C=O) groups is 1. The van der Waals surface area contributed by atoms with Gasteiger partial charge >= 0.3 is 6.03 Å². The zero-order valence-corrected chi connectivity index (χ0v) is 7.82. The molecule has 0 bridgehead atoms. The Bertz CT molecular complexity index is 148. The summed E-state index contributed by atoms with van der Waals surface area (Å²) in [4.78, 5) is 10.7. The molecule has 4 N–H and O–H groups in total. The molecular weight excluding hydrogens is 174 g/mol. The minimum absolute atomic E-state index is 0.291. The molecule has 5 heteroatoms. The molecule has 12 heavy (non-hydrogen) atoms. The van der Waals surface area contributed by atoms with E-state index < -0.39 is 0 Å². The zero-order chi connectivity index (χ0) is 8.81. The standard InChI is InChI=1S/C7H15N3OS/c8-10-7(11)9-5-6-3-1-2-4-12-6/h6H,1-5,8H2,(H2,9,10,11). The maximum atomic E-state index is 10.7. The van der Waals surface area contributed by atoms with Crippen LogP contribution >= 0.6 is 11.8 Å². The summed E-state index contributed by atoms with van der Waals surface area (Å²) in [6.07, 6.45) is 3.80. The first kappa shape index (κ1) is 9.67. The van der Waals surface area contributed by atoms with Crippen LogP contribution in [0.1, 0.15) is 19.3 Å². The van der Waals surface area contributed by atoms with Crippen LogP contribution in [-0.4, -0.2) is 23.6 Å². The van der Waals surface area contributed by atoms with Gasteiger partial charge in [0.2, 0.25) is 0 Å². The number of amides is 2. The fraction of sp³-hybridized carbons (Fsp3) is 0.857. The van der Waals surface area contributed by atoms with E-state index in [2.05, 4.69) is 5.32 Å². The Labute approximate surface area is 76.6 Å². The van der Waals surface area contributed by atoms with Gasteiger partial charge in [0.05, 0.1) is 0 Å². The highest BCUT2D eigenvalue weighted by Crippen LogP contribution is 2.23. The fourth-order valence-corrected chi connectivity index (χ4v) is 2.46. The number of nitrogens with one attached hydrogen (secondary N) is 2. The molecule has 70 valence electrons. The van der Waals surface area contributed by atoms with Crippen molar-refractivity contribution >= 4 is 17.8 Å². The van der Waals surface area contributed by atoms with Gasteiger partial charge in [-0.1, -0.05) is 6.42 Å². The second-order valence-corrected chi connectivity index (χ2v) is 4.25. The van der Waals surface area contributed by atoms with Crippen molar-refractivity contribution in [1.82, 2.24) is 10.7 Å². The zero-order valence-electron chi connectivity index (χ0n) is 7.01. The van der Waals surface area contributed by atoms with E-state index in [-0.39, 0.29) is 6.03 Å². The van der Waals surface area contributed by atoms with Crippen LogP contribution < -0.4 is 16.6 Å². The van der Waals surface area contributed by atoms with Gasteiger partial charge in [-0.05, 0) is 18.6 Å². The van der Waals surface area contributed by atoms with Crippen molar-refractivity contribution in [3.63, 3.8) is 0 Å². The molecule has 1 rings (SSSR count). The average Bonchev–Trinajstić information content (AvgIpc) is 2.16. The predicted octanol–water partition coefficient (Wildman–Crippen LogP) is 0.445. The molecular formula is C7H15N3OS. The van der Waals surface area contributed by atoms with Crippen LogP contribution in [0.3, 0.4) is 0 Å². The number of hydrazine groups is 1. The van der Waals surface area contributed by atoms with Crippen LogP contribution in [0.4, 0.5) is 4.79 Å². The van der Waals surface area contributed by atoms with Gasteiger partial charge < -0.3 is 5.32 Å². The van der Waals surface area contributed by atoms with E-state index in [4.69, 9.17) is 5.84 Å². The average molecular weight is 189 g/mol. The third-order valence-electron chi connectivity index (χ3n) is 1.90. The van der Waals surface area contributed by atoms with Gasteiger partial charge in [0, 0.05) is 11.8 Å². The molecule has 0 radical (unpaired) electrons. The number of urea groups is 1. The third-order valence-corrected chi connectivity index (χ3v) is 3.29. The Morgan fingerprint density at radius 2 is 2.42 bits per heavy atom. The van der Waals surface area contributed by atoms with Gasteiger partial charge in [0.15, 0.2) is 0 Å². The first-order valence-corrected chi connectivity index (χ1v) is 5.24. The maximum Gasteiger partial charge on any atom is 0.328 e. The van der Waals surface area contributed by atoms with Crippen LogP contribution in [0.15, 0.2) is 0 Å². The predicted molar refractivity (Wildman–Crippen MR) is 50.8 cm³/mol. The van der Waals surface area contributed by atoms with Gasteiger partial charge in [-0.3, -0.25) is 5.43 Å². The largest absolute Gasteiger partial charge is 0.336 e. The molecule has 4 nitrogen and oxygen atoms in total. The minimum atomic E-state index is -0.291. The summed E-state index contributed by atoms with van der Waals surface area (Å²) in [5.41, 5.74) is 2.05. The van der Waals surface area contributed by atoms with Crippen molar-refractivity contribution < 1.29 is 4.79 Å². The van der Waals surface area contributed by atoms with Gasteiger partial charge in [-0.15, -0.1) is 0 Å². The van der Waals surface area contributed by atoms with Crippen LogP contribution in [0.5, 0.6) is 0 Å². The molecule has 1 saturated heterocycles. The Morgan fingerprint density at radius 3 is 3.00 bits per heavy atom. The lowest BCUT2D eigenvalue weighted by Gasteiger charge is -2.21. The van der Waals surface area contributed by atoms with Crippen molar-refractivity contribution in [1.29, 1.82) is 0 Å². The lowest BCUT2D eigenvalue weighted by molar-refractivity contribution is 0.241. The van der Waals surface area contributed by atoms with Crippen LogP contribution in [-0.2, 0) is 0 Å². The molecule has 0 aromatic rings. The van der Waals surface area contributed by atoms with Gasteiger partial charge in [0.1, 0.15) is 0 Å². The van der Waals surface area contributed by atoms with Crippen molar-refractivity contribution in [3.8, 4) is 0 Å². The lowest BCUT2D eigenvalue weighted by atomic mass is 10.2. The van der Waals surface area contributed by atoms with Crippen LogP contribution in [0.25, 0.3) is 0 Å². The van der Waals surface area contributed by atoms with Gasteiger partial charge in [-0.2, -0.15) is 11.8 Å². The van der Waals surface area contributed by atoms with Crippen molar-refractivity contribution in [2.75, 3.05) is 12.3 Å². The smallest absolute Gasteiger partial charge is 0.328 e.